The molecule has 1 atom stereocenters. The molecule has 1 N–H and O–H groups in total. The summed E-state index contributed by atoms with van der Waals surface area (Å²) in [4.78, 5) is 2.50. The third-order valence-electron chi connectivity index (χ3n) is 4.01. The lowest BCUT2D eigenvalue weighted by molar-refractivity contribution is 0.300. The van der Waals surface area contributed by atoms with Gasteiger partial charge in [0.05, 0.1) is 11.3 Å². The van der Waals surface area contributed by atoms with Crippen molar-refractivity contribution in [1.82, 2.24) is 4.90 Å². The first kappa shape index (κ1) is 13.9. The zero-order valence-electron chi connectivity index (χ0n) is 11.9. The van der Waals surface area contributed by atoms with Crippen molar-refractivity contribution in [3.8, 4) is 6.07 Å². The van der Waals surface area contributed by atoms with E-state index < -0.39 is 0 Å². The van der Waals surface area contributed by atoms with E-state index in [2.05, 4.69) is 23.2 Å². The summed E-state index contributed by atoms with van der Waals surface area (Å²) in [7, 11) is 0. The van der Waals surface area contributed by atoms with Crippen LogP contribution in [0.1, 0.15) is 37.3 Å². The molecule has 1 heterocycles. The maximum absolute atomic E-state index is 9.27. The van der Waals surface area contributed by atoms with E-state index in [0.29, 0.717) is 6.04 Å². The van der Waals surface area contributed by atoms with Crippen molar-refractivity contribution in [2.45, 2.75) is 39.2 Å². The zero-order chi connectivity index (χ0) is 13.7. The maximum atomic E-state index is 9.27. The van der Waals surface area contributed by atoms with Gasteiger partial charge in [0.2, 0.25) is 0 Å². The van der Waals surface area contributed by atoms with E-state index >= 15 is 0 Å². The Hall–Kier alpha value is -1.53. The Bertz CT molecular complexity index is 462. The predicted octanol–water partition coefficient (Wildman–Crippen LogP) is 3.15. The number of benzene rings is 1. The molecule has 0 amide bonds. The summed E-state index contributed by atoms with van der Waals surface area (Å²) in [5, 5.41) is 12.8. The van der Waals surface area contributed by atoms with E-state index in [1.807, 2.05) is 25.1 Å². The fraction of sp³-hybridized carbons (Fsp3) is 0.562. The second-order valence-electron chi connectivity index (χ2n) is 5.32. The molecule has 102 valence electrons. The van der Waals surface area contributed by atoms with Crippen molar-refractivity contribution in [2.75, 3.05) is 25.0 Å². The molecule has 2 rings (SSSR count). The second-order valence-corrected chi connectivity index (χ2v) is 5.32. The van der Waals surface area contributed by atoms with Crippen molar-refractivity contribution < 1.29 is 0 Å². The first-order valence-corrected chi connectivity index (χ1v) is 7.23. The van der Waals surface area contributed by atoms with Gasteiger partial charge in [-0.05, 0) is 50.9 Å². The monoisotopic (exact) mass is 257 g/mol. The molecule has 19 heavy (non-hydrogen) atoms. The lowest BCUT2D eigenvalue weighted by atomic mass is 10.0. The number of nitrogens with one attached hydrogen (secondary N) is 1. The molecular weight excluding hydrogens is 234 g/mol. The number of nitrogens with zero attached hydrogens (tertiary/aromatic N) is 2. The molecule has 1 fully saturated rings. The molecular formula is C16H23N3. The summed E-state index contributed by atoms with van der Waals surface area (Å²) in [5.41, 5.74) is 2.84. The Morgan fingerprint density at radius 1 is 1.37 bits per heavy atom. The van der Waals surface area contributed by atoms with Crippen molar-refractivity contribution in [3.63, 3.8) is 0 Å². The highest BCUT2D eigenvalue weighted by Crippen LogP contribution is 2.22. The van der Waals surface area contributed by atoms with Gasteiger partial charge < -0.3 is 10.2 Å². The first-order valence-electron chi connectivity index (χ1n) is 7.23. The summed E-state index contributed by atoms with van der Waals surface area (Å²) in [6, 6.07) is 8.85. The maximum Gasteiger partial charge on any atom is 0.102 e. The minimum Gasteiger partial charge on any atom is -0.381 e. The van der Waals surface area contributed by atoms with E-state index in [0.717, 1.165) is 36.3 Å². The molecule has 1 aromatic carbocycles. The molecule has 0 saturated carbocycles. The standard InChI is InChI=1S/C16H23N3/c1-3-19-10-5-7-14(9-11-19)18-16-8-4-6-13(2)15(16)12-17/h4,6,8,14,18H,3,5,7,9-11H2,1-2H3. The average Bonchev–Trinajstić information content (AvgIpc) is 2.64. The number of anilines is 1. The van der Waals surface area contributed by atoms with Gasteiger partial charge in [0, 0.05) is 12.6 Å². The highest BCUT2D eigenvalue weighted by Gasteiger charge is 2.17. The van der Waals surface area contributed by atoms with Crippen molar-refractivity contribution in [2.24, 2.45) is 0 Å². The SMILES string of the molecule is CCN1CCCC(Nc2cccc(C)c2C#N)CC1. The fourth-order valence-electron chi connectivity index (χ4n) is 2.77. The normalized spacial score (nSPS) is 20.6. The molecule has 1 saturated heterocycles. The lowest BCUT2D eigenvalue weighted by Crippen LogP contribution is -2.26. The van der Waals surface area contributed by atoms with Crippen molar-refractivity contribution in [3.05, 3.63) is 29.3 Å². The molecule has 0 radical (unpaired) electrons. The third-order valence-corrected chi connectivity index (χ3v) is 4.01. The van der Waals surface area contributed by atoms with Crippen LogP contribution in [0.2, 0.25) is 0 Å². The van der Waals surface area contributed by atoms with Crippen molar-refractivity contribution >= 4 is 5.69 Å². The van der Waals surface area contributed by atoms with Gasteiger partial charge in [-0.1, -0.05) is 19.1 Å². The van der Waals surface area contributed by atoms with Crippen LogP contribution in [0.15, 0.2) is 18.2 Å². The molecule has 0 bridgehead atoms. The van der Waals surface area contributed by atoms with Gasteiger partial charge in [-0.15, -0.1) is 0 Å². The molecule has 1 aliphatic rings. The van der Waals surface area contributed by atoms with Crippen LogP contribution in [0.4, 0.5) is 5.69 Å². The number of hydrogen-bond donors (Lipinski definition) is 1. The van der Waals surface area contributed by atoms with E-state index in [9.17, 15) is 5.26 Å². The van der Waals surface area contributed by atoms with Gasteiger partial charge in [0.25, 0.3) is 0 Å². The molecule has 1 aliphatic heterocycles. The van der Waals surface area contributed by atoms with E-state index in [-0.39, 0.29) is 0 Å². The van der Waals surface area contributed by atoms with Gasteiger partial charge in [0.15, 0.2) is 0 Å². The summed E-state index contributed by atoms with van der Waals surface area (Å²) in [5.74, 6) is 0. The van der Waals surface area contributed by atoms with Gasteiger partial charge >= 0.3 is 0 Å². The van der Waals surface area contributed by atoms with Gasteiger partial charge in [0.1, 0.15) is 6.07 Å². The average molecular weight is 257 g/mol. The van der Waals surface area contributed by atoms with Crippen LogP contribution in [0.3, 0.4) is 0 Å². The summed E-state index contributed by atoms with van der Waals surface area (Å²) in [6.07, 6.45) is 3.58. The Morgan fingerprint density at radius 3 is 2.95 bits per heavy atom. The fourth-order valence-corrected chi connectivity index (χ4v) is 2.77. The second kappa shape index (κ2) is 6.58. The van der Waals surface area contributed by atoms with Crippen LogP contribution < -0.4 is 5.32 Å². The number of hydrogen-bond acceptors (Lipinski definition) is 3. The molecule has 0 spiro atoms. The van der Waals surface area contributed by atoms with Gasteiger partial charge in [-0.3, -0.25) is 0 Å². The Kier molecular flexibility index (Phi) is 4.81. The molecule has 0 aromatic heterocycles. The molecule has 3 nitrogen and oxygen atoms in total. The summed E-state index contributed by atoms with van der Waals surface area (Å²) in [6.45, 7) is 7.72. The van der Waals surface area contributed by atoms with Crippen molar-refractivity contribution in [1.29, 1.82) is 5.26 Å². The highest BCUT2D eigenvalue weighted by molar-refractivity contribution is 5.61. The molecule has 3 heteroatoms. The third kappa shape index (κ3) is 3.48. The van der Waals surface area contributed by atoms with Crippen LogP contribution in [0, 0.1) is 18.3 Å². The van der Waals surface area contributed by atoms with Crippen LogP contribution in [-0.4, -0.2) is 30.6 Å². The minimum atomic E-state index is 0.491. The van der Waals surface area contributed by atoms with Crippen LogP contribution in [-0.2, 0) is 0 Å². The first-order chi connectivity index (χ1) is 9.24. The van der Waals surface area contributed by atoms with Crippen LogP contribution >= 0.6 is 0 Å². The summed E-state index contributed by atoms with van der Waals surface area (Å²) < 4.78 is 0. The number of rotatable bonds is 3. The van der Waals surface area contributed by atoms with E-state index in [1.165, 1.54) is 19.4 Å². The predicted molar refractivity (Wildman–Crippen MR) is 79.3 cm³/mol. The van der Waals surface area contributed by atoms with Crippen LogP contribution in [0.25, 0.3) is 0 Å². The Morgan fingerprint density at radius 2 is 2.21 bits per heavy atom. The molecule has 1 unspecified atom stereocenters. The zero-order valence-corrected chi connectivity index (χ0v) is 11.9. The van der Waals surface area contributed by atoms with Crippen LogP contribution in [0.5, 0.6) is 0 Å². The smallest absolute Gasteiger partial charge is 0.102 e. The number of aryl methyl sites for hydroxylation is 1. The van der Waals surface area contributed by atoms with Gasteiger partial charge in [-0.25, -0.2) is 0 Å². The highest BCUT2D eigenvalue weighted by atomic mass is 15.1. The molecule has 0 aliphatic carbocycles. The number of nitriles is 1. The van der Waals surface area contributed by atoms with Gasteiger partial charge in [-0.2, -0.15) is 5.26 Å². The largest absolute Gasteiger partial charge is 0.381 e. The Balaban J connectivity index is 2.05. The van der Waals surface area contributed by atoms with E-state index in [4.69, 9.17) is 0 Å². The lowest BCUT2D eigenvalue weighted by Gasteiger charge is -2.20. The number of likely N-dealkylation sites (tertiary alicyclic amines) is 1. The minimum absolute atomic E-state index is 0.491. The molecule has 1 aromatic rings. The quantitative estimate of drug-likeness (QED) is 0.904. The topological polar surface area (TPSA) is 39.1 Å². The summed E-state index contributed by atoms with van der Waals surface area (Å²) >= 11 is 0. The van der Waals surface area contributed by atoms with E-state index in [1.54, 1.807) is 0 Å². The Labute approximate surface area is 116 Å².